The van der Waals surface area contributed by atoms with E-state index in [2.05, 4.69) is 81.2 Å². The predicted molar refractivity (Wildman–Crippen MR) is 174 cm³/mol. The minimum atomic E-state index is -0.179. The number of H-pyrrole nitrogens is 1. The first kappa shape index (κ1) is 27.9. The number of fused-ring (bicyclic) bond motifs is 8. The Hall–Kier alpha value is -4.62. The van der Waals surface area contributed by atoms with Crippen molar-refractivity contribution in [3.63, 3.8) is 0 Å². The second-order valence-corrected chi connectivity index (χ2v) is 13.3. The largest absolute Gasteiger partial charge is 1.00 e. The summed E-state index contributed by atoms with van der Waals surface area (Å²) in [7, 11) is 0. The number of nitrogens with zero attached hydrogens (tertiary/aromatic N) is 1. The molecule has 0 unspecified atom stereocenters. The van der Waals surface area contributed by atoms with Crippen molar-refractivity contribution in [3.8, 4) is 50.6 Å². The number of aromatic nitrogens is 2. The summed E-state index contributed by atoms with van der Waals surface area (Å²) in [6, 6.07) is 33.9. The van der Waals surface area contributed by atoms with Crippen LogP contribution in [-0.4, -0.2) is 4.98 Å². The molecule has 2 aromatic heterocycles. The Morgan fingerprint density at radius 1 is 0.622 bits per heavy atom. The predicted octanol–water partition coefficient (Wildman–Crippen LogP) is 5.82. The molecule has 0 spiro atoms. The zero-order valence-corrected chi connectivity index (χ0v) is 26.1. The Morgan fingerprint density at radius 3 is 1.91 bits per heavy atom. The van der Waals surface area contributed by atoms with Crippen molar-refractivity contribution in [3.05, 3.63) is 126 Å². The second-order valence-electron chi connectivity index (χ2n) is 13.3. The molecule has 212 valence electrons. The summed E-state index contributed by atoms with van der Waals surface area (Å²) in [5.41, 5.74) is 15.7. The summed E-state index contributed by atoms with van der Waals surface area (Å²) in [6.45, 7) is 9.31. The molecule has 0 fully saturated rings. The third kappa shape index (κ3) is 3.80. The molecule has 4 nitrogen and oxygen atoms in total. The van der Waals surface area contributed by atoms with E-state index in [4.69, 9.17) is 9.40 Å². The SMILES string of the molecule is CC1(C)c2cc(-c3nc4ccccc4o3)ccc2-c2cc3c(cc21)-c1ccc(-c2ccc([O-])c4[nH+]cccc24)cc1C3(C)C.[Li+]. The van der Waals surface area contributed by atoms with E-state index in [0.29, 0.717) is 11.4 Å². The van der Waals surface area contributed by atoms with Gasteiger partial charge in [0.15, 0.2) is 11.8 Å². The quantitative estimate of drug-likeness (QED) is 0.243. The van der Waals surface area contributed by atoms with Gasteiger partial charge >= 0.3 is 18.9 Å². The summed E-state index contributed by atoms with van der Waals surface area (Å²) in [4.78, 5) is 7.92. The Kier molecular flexibility index (Phi) is 5.85. The first-order valence-corrected chi connectivity index (χ1v) is 15.2. The van der Waals surface area contributed by atoms with Crippen LogP contribution < -0.4 is 29.0 Å². The van der Waals surface area contributed by atoms with Gasteiger partial charge < -0.3 is 9.52 Å². The van der Waals surface area contributed by atoms with E-state index in [1.807, 2.05) is 48.7 Å². The van der Waals surface area contributed by atoms with Crippen LogP contribution in [0.1, 0.15) is 49.9 Å². The van der Waals surface area contributed by atoms with Gasteiger partial charge in [0.2, 0.25) is 11.4 Å². The Bertz CT molecular complexity index is 2330. The topological polar surface area (TPSA) is 63.2 Å². The average Bonchev–Trinajstić information content (AvgIpc) is 3.64. The summed E-state index contributed by atoms with van der Waals surface area (Å²) < 4.78 is 6.13. The number of pyridine rings is 1. The third-order valence-electron chi connectivity index (χ3n) is 10.1. The number of aromatic amines is 1. The number of benzene rings is 5. The number of nitrogens with one attached hydrogen (secondary N) is 1. The smallest absolute Gasteiger partial charge is 0.868 e. The zero-order valence-electron chi connectivity index (χ0n) is 26.1. The number of hydrogen-bond donors (Lipinski definition) is 0. The van der Waals surface area contributed by atoms with Crippen LogP contribution in [0.3, 0.4) is 0 Å². The van der Waals surface area contributed by atoms with Crippen LogP contribution in [0.4, 0.5) is 0 Å². The average molecular weight is 578 g/mol. The normalized spacial score (nSPS) is 14.9. The number of hydrogen-bond acceptors (Lipinski definition) is 3. The fraction of sp³-hybridized carbons (Fsp3) is 0.150. The molecule has 5 heteroatoms. The maximum atomic E-state index is 12.5. The number of para-hydroxylation sites is 2. The van der Waals surface area contributed by atoms with E-state index in [-0.39, 0.29) is 35.4 Å². The Balaban J connectivity index is 0.00000300. The number of rotatable bonds is 2. The van der Waals surface area contributed by atoms with Crippen molar-refractivity contribution in [1.29, 1.82) is 0 Å². The minimum Gasteiger partial charge on any atom is -0.868 e. The van der Waals surface area contributed by atoms with Crippen molar-refractivity contribution in [2.75, 3.05) is 0 Å². The molecule has 0 saturated heterocycles. The number of oxazole rings is 1. The molecule has 7 aromatic rings. The summed E-state index contributed by atoms with van der Waals surface area (Å²) in [6.07, 6.45) is 1.81. The first-order valence-electron chi connectivity index (χ1n) is 15.2. The van der Waals surface area contributed by atoms with Gasteiger partial charge in [0.25, 0.3) is 0 Å². The molecule has 0 saturated carbocycles. The second kappa shape index (κ2) is 9.44. The molecule has 0 radical (unpaired) electrons. The molecular formula is C40H30LiN2O2+. The standard InChI is InChI=1S/C40H30N2O2.Li/c1-39(2)30-18-22(24-15-16-35(43)37-27(24)8-7-17-41-37)11-13-25(30)28-20-33-29(21-32(28)39)26-14-12-23(19-31(26)40(33,3)4)38-42-34-9-5-6-10-36(34)44-38;/h5-21,43H,1-4H3;/q;+1. The van der Waals surface area contributed by atoms with Crippen LogP contribution in [0.5, 0.6) is 5.75 Å². The van der Waals surface area contributed by atoms with Gasteiger partial charge in [-0.15, -0.1) is 0 Å². The van der Waals surface area contributed by atoms with E-state index in [0.717, 1.165) is 33.2 Å². The van der Waals surface area contributed by atoms with Crippen LogP contribution in [0.15, 0.2) is 108 Å². The van der Waals surface area contributed by atoms with Gasteiger partial charge in [-0.25, -0.2) is 9.97 Å². The third-order valence-corrected chi connectivity index (χ3v) is 10.1. The van der Waals surface area contributed by atoms with Crippen LogP contribution >= 0.6 is 0 Å². The van der Waals surface area contributed by atoms with Crippen LogP contribution in [0.2, 0.25) is 0 Å². The van der Waals surface area contributed by atoms with E-state index >= 15 is 0 Å². The van der Waals surface area contributed by atoms with Crippen molar-refractivity contribution in [2.45, 2.75) is 38.5 Å². The fourth-order valence-corrected chi connectivity index (χ4v) is 7.71. The van der Waals surface area contributed by atoms with Gasteiger partial charge in [0, 0.05) is 22.5 Å². The molecule has 0 bridgehead atoms. The molecule has 0 atom stereocenters. The summed E-state index contributed by atoms with van der Waals surface area (Å²) in [5, 5.41) is 13.5. The first-order chi connectivity index (χ1) is 21.2. The van der Waals surface area contributed by atoms with Crippen LogP contribution in [-0.2, 0) is 10.8 Å². The van der Waals surface area contributed by atoms with E-state index < -0.39 is 0 Å². The van der Waals surface area contributed by atoms with Gasteiger partial charge in [-0.3, -0.25) is 0 Å². The molecule has 0 aliphatic heterocycles. The van der Waals surface area contributed by atoms with Crippen LogP contribution in [0, 0.1) is 0 Å². The van der Waals surface area contributed by atoms with Crippen molar-refractivity contribution in [1.82, 2.24) is 4.98 Å². The van der Waals surface area contributed by atoms with E-state index in [1.54, 1.807) is 6.07 Å². The molecule has 45 heavy (non-hydrogen) atoms. The Labute approximate surface area is 274 Å². The molecule has 2 aliphatic rings. The van der Waals surface area contributed by atoms with Crippen molar-refractivity contribution >= 4 is 22.0 Å². The monoisotopic (exact) mass is 577 g/mol. The van der Waals surface area contributed by atoms with Crippen molar-refractivity contribution < 1.29 is 33.4 Å². The van der Waals surface area contributed by atoms with Gasteiger partial charge in [-0.05, 0) is 110 Å². The molecule has 5 aromatic carbocycles. The maximum Gasteiger partial charge on any atom is 1.00 e. The fourth-order valence-electron chi connectivity index (χ4n) is 7.71. The molecule has 0 amide bonds. The Morgan fingerprint density at radius 2 is 1.22 bits per heavy atom. The zero-order chi connectivity index (χ0) is 30.0. The summed E-state index contributed by atoms with van der Waals surface area (Å²) >= 11 is 0. The molecule has 2 heterocycles. The van der Waals surface area contributed by atoms with Gasteiger partial charge in [-0.2, -0.15) is 0 Å². The van der Waals surface area contributed by atoms with Crippen molar-refractivity contribution in [2.24, 2.45) is 0 Å². The van der Waals surface area contributed by atoms with Gasteiger partial charge in [-0.1, -0.05) is 70.2 Å². The molecular weight excluding hydrogens is 547 g/mol. The molecule has 9 rings (SSSR count). The van der Waals surface area contributed by atoms with Gasteiger partial charge in [0.05, 0.1) is 5.39 Å². The van der Waals surface area contributed by atoms with E-state index in [9.17, 15) is 5.11 Å². The molecule has 1 N–H and O–H groups in total. The van der Waals surface area contributed by atoms with Gasteiger partial charge in [0.1, 0.15) is 5.52 Å². The minimum absolute atomic E-state index is 0. The maximum absolute atomic E-state index is 12.5. The molecule has 2 aliphatic carbocycles. The summed E-state index contributed by atoms with van der Waals surface area (Å²) in [5.74, 6) is 0.668. The van der Waals surface area contributed by atoms with E-state index in [1.165, 1.54) is 44.5 Å². The van der Waals surface area contributed by atoms with Crippen LogP contribution in [0.25, 0.3) is 66.8 Å².